The number of nitrogens with one attached hydrogen (secondary N) is 2. The van der Waals surface area contributed by atoms with Crippen LogP contribution >= 0.6 is 0 Å². The highest BCUT2D eigenvalue weighted by Crippen LogP contribution is 2.31. The number of fused-ring (bicyclic) bond motifs is 2. The van der Waals surface area contributed by atoms with Gasteiger partial charge in [-0.2, -0.15) is 10.2 Å². The van der Waals surface area contributed by atoms with Crippen molar-refractivity contribution in [3.63, 3.8) is 0 Å². The SMILES string of the molecule is N#Cc1cc2cnc(Nc3ccc4c(c3)CCNC4)nc2n(C2CCCC2)c1=O. The Bertz CT molecular complexity index is 1190. The number of aromatic nitrogens is 3. The molecular weight excluding hydrogens is 364 g/mol. The van der Waals surface area contributed by atoms with E-state index in [2.05, 4.69) is 32.7 Å². The van der Waals surface area contributed by atoms with Crippen LogP contribution in [0.15, 0.2) is 35.3 Å². The Hall–Kier alpha value is -3.24. The molecule has 146 valence electrons. The minimum absolute atomic E-state index is 0.0947. The Morgan fingerprint density at radius 2 is 2.07 bits per heavy atom. The second kappa shape index (κ2) is 7.30. The summed E-state index contributed by atoms with van der Waals surface area (Å²) in [5.41, 5.74) is 4.08. The van der Waals surface area contributed by atoms with Crippen molar-refractivity contribution in [2.45, 2.75) is 44.7 Å². The number of benzene rings is 1. The van der Waals surface area contributed by atoms with E-state index in [1.165, 1.54) is 11.1 Å². The van der Waals surface area contributed by atoms with E-state index in [0.29, 0.717) is 11.6 Å². The Morgan fingerprint density at radius 1 is 1.21 bits per heavy atom. The minimum Gasteiger partial charge on any atom is -0.324 e. The van der Waals surface area contributed by atoms with Gasteiger partial charge >= 0.3 is 0 Å². The summed E-state index contributed by atoms with van der Waals surface area (Å²) in [6.45, 7) is 1.88. The number of hydrogen-bond acceptors (Lipinski definition) is 6. The third-order valence-electron chi connectivity index (χ3n) is 5.93. The summed E-state index contributed by atoms with van der Waals surface area (Å²) >= 11 is 0. The summed E-state index contributed by atoms with van der Waals surface area (Å²) < 4.78 is 1.71. The van der Waals surface area contributed by atoms with Crippen molar-refractivity contribution in [2.24, 2.45) is 0 Å². The van der Waals surface area contributed by atoms with Gasteiger partial charge in [-0.3, -0.25) is 9.36 Å². The fraction of sp³-hybridized carbons (Fsp3) is 0.364. The molecule has 5 rings (SSSR count). The van der Waals surface area contributed by atoms with Gasteiger partial charge in [0.15, 0.2) is 0 Å². The smallest absolute Gasteiger partial charge is 0.270 e. The number of rotatable bonds is 3. The van der Waals surface area contributed by atoms with Crippen LogP contribution in [0.1, 0.15) is 48.4 Å². The van der Waals surface area contributed by atoms with Crippen molar-refractivity contribution in [1.29, 1.82) is 5.26 Å². The van der Waals surface area contributed by atoms with Gasteiger partial charge in [-0.05, 0) is 55.1 Å². The highest BCUT2D eigenvalue weighted by atomic mass is 16.1. The highest BCUT2D eigenvalue weighted by Gasteiger charge is 2.22. The molecule has 3 aromatic rings. The molecule has 2 aliphatic rings. The van der Waals surface area contributed by atoms with Crippen LogP contribution in [0.25, 0.3) is 11.0 Å². The second-order valence-corrected chi connectivity index (χ2v) is 7.79. The Balaban J connectivity index is 1.57. The summed E-state index contributed by atoms with van der Waals surface area (Å²) in [6.07, 6.45) is 6.76. The first kappa shape index (κ1) is 17.8. The number of anilines is 2. The summed E-state index contributed by atoms with van der Waals surface area (Å²) in [5, 5.41) is 16.8. The number of nitriles is 1. The first-order chi connectivity index (χ1) is 14.2. The molecular formula is C22H22N6O. The van der Waals surface area contributed by atoms with Gasteiger partial charge in [-0.1, -0.05) is 18.9 Å². The lowest BCUT2D eigenvalue weighted by molar-refractivity contribution is 0.515. The monoisotopic (exact) mass is 386 g/mol. The molecule has 29 heavy (non-hydrogen) atoms. The van der Waals surface area contributed by atoms with Crippen molar-refractivity contribution in [3.05, 3.63) is 57.5 Å². The van der Waals surface area contributed by atoms with Crippen LogP contribution < -0.4 is 16.2 Å². The van der Waals surface area contributed by atoms with E-state index < -0.39 is 0 Å². The van der Waals surface area contributed by atoms with Crippen molar-refractivity contribution in [3.8, 4) is 6.07 Å². The van der Waals surface area contributed by atoms with Crippen molar-refractivity contribution >= 4 is 22.7 Å². The molecule has 1 fully saturated rings. The molecule has 0 unspecified atom stereocenters. The quantitative estimate of drug-likeness (QED) is 0.718. The maximum Gasteiger partial charge on any atom is 0.270 e. The zero-order valence-electron chi connectivity index (χ0n) is 16.1. The van der Waals surface area contributed by atoms with E-state index in [0.717, 1.165) is 56.3 Å². The molecule has 1 aliphatic heterocycles. The minimum atomic E-state index is -0.252. The molecule has 1 aromatic carbocycles. The number of nitrogens with zero attached hydrogens (tertiary/aromatic N) is 4. The molecule has 7 heteroatoms. The maximum absolute atomic E-state index is 12.9. The average molecular weight is 386 g/mol. The van der Waals surface area contributed by atoms with Gasteiger partial charge in [-0.15, -0.1) is 0 Å². The van der Waals surface area contributed by atoms with E-state index in [4.69, 9.17) is 0 Å². The van der Waals surface area contributed by atoms with E-state index in [9.17, 15) is 10.1 Å². The van der Waals surface area contributed by atoms with Crippen LogP contribution in [-0.2, 0) is 13.0 Å². The largest absolute Gasteiger partial charge is 0.324 e. The predicted molar refractivity (Wildman–Crippen MR) is 111 cm³/mol. The standard InChI is InChI=1S/C22H22N6O/c23-11-16-9-17-13-25-22(26-18-6-5-15-12-24-8-7-14(15)10-18)27-20(17)28(21(16)29)19-3-1-2-4-19/h5-6,9-10,13,19,24H,1-4,7-8,12H2,(H,25,26,27). The maximum atomic E-state index is 12.9. The summed E-state index contributed by atoms with van der Waals surface area (Å²) in [5.74, 6) is 0.460. The van der Waals surface area contributed by atoms with Crippen LogP contribution in [0.5, 0.6) is 0 Å². The zero-order valence-corrected chi connectivity index (χ0v) is 16.1. The molecule has 0 amide bonds. The molecule has 1 saturated carbocycles. The average Bonchev–Trinajstić information content (AvgIpc) is 3.27. The topological polar surface area (TPSA) is 95.6 Å². The predicted octanol–water partition coefficient (Wildman–Crippen LogP) is 3.17. The Morgan fingerprint density at radius 3 is 2.90 bits per heavy atom. The molecule has 1 aliphatic carbocycles. The number of hydrogen-bond donors (Lipinski definition) is 2. The molecule has 0 radical (unpaired) electrons. The van der Waals surface area contributed by atoms with Crippen LogP contribution in [0.2, 0.25) is 0 Å². The fourth-order valence-electron chi connectivity index (χ4n) is 4.45. The van der Waals surface area contributed by atoms with Crippen LogP contribution in [0, 0.1) is 11.3 Å². The molecule has 0 spiro atoms. The summed E-state index contributed by atoms with van der Waals surface area (Å²) in [6, 6.07) is 10.0. The fourth-order valence-corrected chi connectivity index (χ4v) is 4.45. The lowest BCUT2D eigenvalue weighted by Gasteiger charge is -2.19. The van der Waals surface area contributed by atoms with Crippen molar-refractivity contribution < 1.29 is 0 Å². The van der Waals surface area contributed by atoms with Crippen LogP contribution in [0.4, 0.5) is 11.6 Å². The first-order valence-electron chi connectivity index (χ1n) is 10.1. The van der Waals surface area contributed by atoms with E-state index in [1.54, 1.807) is 16.8 Å². The molecule has 2 N–H and O–H groups in total. The molecule has 2 aromatic heterocycles. The molecule has 0 bridgehead atoms. The number of pyridine rings is 1. The molecule has 7 nitrogen and oxygen atoms in total. The van der Waals surface area contributed by atoms with Gasteiger partial charge in [0.25, 0.3) is 5.56 Å². The third-order valence-corrected chi connectivity index (χ3v) is 5.93. The van der Waals surface area contributed by atoms with E-state index in [-0.39, 0.29) is 17.2 Å². The molecule has 3 heterocycles. The van der Waals surface area contributed by atoms with Crippen molar-refractivity contribution in [2.75, 3.05) is 11.9 Å². The Kier molecular flexibility index (Phi) is 4.49. The third kappa shape index (κ3) is 3.26. The van der Waals surface area contributed by atoms with Gasteiger partial charge < -0.3 is 10.6 Å². The molecule has 0 saturated heterocycles. The highest BCUT2D eigenvalue weighted by molar-refractivity contribution is 5.77. The van der Waals surface area contributed by atoms with E-state index >= 15 is 0 Å². The summed E-state index contributed by atoms with van der Waals surface area (Å²) in [4.78, 5) is 22.0. The lowest BCUT2D eigenvalue weighted by atomic mass is 10.0. The van der Waals surface area contributed by atoms with Crippen molar-refractivity contribution in [1.82, 2.24) is 19.9 Å². The van der Waals surface area contributed by atoms with Gasteiger partial charge in [0, 0.05) is 29.9 Å². The lowest BCUT2D eigenvalue weighted by Crippen LogP contribution is -2.26. The van der Waals surface area contributed by atoms with Crippen LogP contribution in [-0.4, -0.2) is 21.1 Å². The normalized spacial score (nSPS) is 16.5. The van der Waals surface area contributed by atoms with Gasteiger partial charge in [0.05, 0.1) is 0 Å². The van der Waals surface area contributed by atoms with Gasteiger partial charge in [-0.25, -0.2) is 4.98 Å². The van der Waals surface area contributed by atoms with E-state index in [1.807, 2.05) is 12.1 Å². The Labute approximate surface area is 168 Å². The molecule has 0 atom stereocenters. The van der Waals surface area contributed by atoms with Crippen LogP contribution in [0.3, 0.4) is 0 Å². The van der Waals surface area contributed by atoms with Gasteiger partial charge in [0.1, 0.15) is 17.3 Å². The summed E-state index contributed by atoms with van der Waals surface area (Å²) in [7, 11) is 0. The second-order valence-electron chi connectivity index (χ2n) is 7.79. The first-order valence-corrected chi connectivity index (χ1v) is 10.1. The zero-order chi connectivity index (χ0) is 19.8. The van der Waals surface area contributed by atoms with Gasteiger partial charge in [0.2, 0.25) is 5.95 Å².